The number of primary amides is 1. The van der Waals surface area contributed by atoms with Gasteiger partial charge in [-0.1, -0.05) is 6.92 Å². The predicted octanol–water partition coefficient (Wildman–Crippen LogP) is 1.28. The Morgan fingerprint density at radius 2 is 1.20 bits per heavy atom. The summed E-state index contributed by atoms with van der Waals surface area (Å²) in [6, 6.07) is 1.57. The van der Waals surface area contributed by atoms with Crippen molar-refractivity contribution in [2.45, 2.75) is 13.3 Å². The van der Waals surface area contributed by atoms with Gasteiger partial charge in [0.15, 0.2) is 28.8 Å². The van der Waals surface area contributed by atoms with Gasteiger partial charge in [0.1, 0.15) is 0 Å². The van der Waals surface area contributed by atoms with E-state index >= 15 is 0 Å². The number of Topliss-reactive ketones (excluding diaryl/α,β-unsaturated/α-hetero) is 1. The van der Waals surface area contributed by atoms with Crippen molar-refractivity contribution in [3.8, 4) is 45.6 Å². The number of nitrogens with two attached hydrogens (primary N) is 1. The third-order valence-corrected chi connectivity index (χ3v) is 3.65. The van der Waals surface area contributed by atoms with Crippen LogP contribution in [0.5, 0.6) is 34.5 Å². The lowest BCUT2D eigenvalue weighted by Gasteiger charge is -2.17. The number of rotatable bonds is 4. The zero-order valence-corrected chi connectivity index (χ0v) is 12.9. The Kier molecular flexibility index (Phi) is 4.34. The molecule has 0 heterocycles. The van der Waals surface area contributed by atoms with E-state index in [1.54, 1.807) is 0 Å². The number of carbonyl (C=O) groups excluding carboxylic acids is 2. The molecular weight excluding hydrogens is 334 g/mol. The topological polar surface area (TPSA) is 182 Å². The summed E-state index contributed by atoms with van der Waals surface area (Å²) in [4.78, 5) is 23.8. The van der Waals surface area contributed by atoms with Gasteiger partial charge in [0.2, 0.25) is 17.4 Å². The Bertz CT molecular complexity index is 904. The standard InChI is InChI=1S/C16H15NO8/c1-2-7(18)5-3-8(19)12(21)14(23)10(5)11-6(16(17)25)4-9(20)13(22)15(11)24/h3-4,19-24H,2H2,1H3,(H2,17,25). The van der Waals surface area contributed by atoms with Gasteiger partial charge in [-0.3, -0.25) is 9.59 Å². The Morgan fingerprint density at radius 3 is 1.60 bits per heavy atom. The monoisotopic (exact) mass is 349 g/mol. The molecule has 2 aromatic carbocycles. The van der Waals surface area contributed by atoms with Gasteiger partial charge in [0, 0.05) is 23.1 Å². The average Bonchev–Trinajstić information content (AvgIpc) is 2.57. The molecule has 2 rings (SSSR count). The Hall–Kier alpha value is -3.62. The second-order valence-corrected chi connectivity index (χ2v) is 5.17. The van der Waals surface area contributed by atoms with Crippen molar-refractivity contribution in [3.63, 3.8) is 0 Å². The molecule has 0 spiro atoms. The van der Waals surface area contributed by atoms with Crippen LogP contribution in [0.4, 0.5) is 0 Å². The molecule has 0 aliphatic heterocycles. The van der Waals surface area contributed by atoms with E-state index in [0.717, 1.165) is 12.1 Å². The number of benzene rings is 2. The highest BCUT2D eigenvalue weighted by Crippen LogP contribution is 2.52. The fourth-order valence-electron chi connectivity index (χ4n) is 2.40. The highest BCUT2D eigenvalue weighted by atomic mass is 16.3. The van der Waals surface area contributed by atoms with Crippen molar-refractivity contribution >= 4 is 11.7 Å². The number of phenolic OH excluding ortho intramolecular Hbond substituents is 6. The largest absolute Gasteiger partial charge is 0.504 e. The maximum absolute atomic E-state index is 12.2. The quantitative estimate of drug-likeness (QED) is 0.318. The number of hydrogen-bond donors (Lipinski definition) is 7. The molecule has 0 saturated heterocycles. The molecular formula is C16H15NO8. The third kappa shape index (κ3) is 2.71. The van der Waals surface area contributed by atoms with Crippen LogP contribution < -0.4 is 5.73 Å². The molecule has 25 heavy (non-hydrogen) atoms. The van der Waals surface area contributed by atoms with E-state index in [0.29, 0.717) is 0 Å². The molecule has 2 aromatic rings. The van der Waals surface area contributed by atoms with Crippen molar-refractivity contribution in [2.75, 3.05) is 0 Å². The van der Waals surface area contributed by atoms with Gasteiger partial charge >= 0.3 is 0 Å². The molecule has 0 unspecified atom stereocenters. The fourth-order valence-corrected chi connectivity index (χ4v) is 2.40. The molecule has 9 heteroatoms. The highest BCUT2D eigenvalue weighted by Gasteiger charge is 2.29. The van der Waals surface area contributed by atoms with E-state index in [1.807, 2.05) is 0 Å². The zero-order chi connectivity index (χ0) is 19.0. The average molecular weight is 349 g/mol. The summed E-state index contributed by atoms with van der Waals surface area (Å²) in [6.07, 6.45) is -0.0760. The first-order valence-corrected chi connectivity index (χ1v) is 7.00. The number of amides is 1. The lowest BCUT2D eigenvalue weighted by Crippen LogP contribution is -2.13. The van der Waals surface area contributed by atoms with Gasteiger partial charge in [-0.15, -0.1) is 0 Å². The fraction of sp³-hybridized carbons (Fsp3) is 0.125. The molecule has 9 nitrogen and oxygen atoms in total. The number of ketones is 1. The highest BCUT2D eigenvalue weighted by molar-refractivity contribution is 6.10. The summed E-state index contributed by atoms with van der Waals surface area (Å²) in [6.45, 7) is 1.48. The van der Waals surface area contributed by atoms with E-state index in [1.165, 1.54) is 6.92 Å². The molecule has 0 aliphatic rings. The Morgan fingerprint density at radius 1 is 0.800 bits per heavy atom. The van der Waals surface area contributed by atoms with Crippen molar-refractivity contribution in [1.29, 1.82) is 0 Å². The van der Waals surface area contributed by atoms with Gasteiger partial charge in [0.05, 0.1) is 5.56 Å². The van der Waals surface area contributed by atoms with Crippen LogP contribution in [0.1, 0.15) is 34.1 Å². The van der Waals surface area contributed by atoms with Gasteiger partial charge in [-0.25, -0.2) is 0 Å². The van der Waals surface area contributed by atoms with Crippen LogP contribution in [-0.2, 0) is 0 Å². The molecule has 0 fully saturated rings. The van der Waals surface area contributed by atoms with Crippen molar-refractivity contribution in [1.82, 2.24) is 0 Å². The van der Waals surface area contributed by atoms with Crippen molar-refractivity contribution < 1.29 is 40.2 Å². The molecule has 1 amide bonds. The number of carbonyl (C=O) groups is 2. The Balaban J connectivity index is 3.06. The van der Waals surface area contributed by atoms with Crippen LogP contribution >= 0.6 is 0 Å². The number of hydrogen-bond acceptors (Lipinski definition) is 8. The van der Waals surface area contributed by atoms with E-state index < -0.39 is 62.9 Å². The Labute approximate surface area is 140 Å². The minimum absolute atomic E-state index is 0.0760. The van der Waals surface area contributed by atoms with Crippen molar-refractivity contribution in [3.05, 3.63) is 23.3 Å². The summed E-state index contributed by atoms with van der Waals surface area (Å²) in [7, 11) is 0. The van der Waals surface area contributed by atoms with E-state index in [-0.39, 0.29) is 12.0 Å². The molecule has 132 valence electrons. The van der Waals surface area contributed by atoms with E-state index in [9.17, 15) is 40.2 Å². The molecule has 0 radical (unpaired) electrons. The van der Waals surface area contributed by atoms with Crippen LogP contribution in [0.2, 0.25) is 0 Å². The summed E-state index contributed by atoms with van der Waals surface area (Å²) >= 11 is 0. The third-order valence-electron chi connectivity index (χ3n) is 3.65. The minimum Gasteiger partial charge on any atom is -0.504 e. The summed E-state index contributed by atoms with van der Waals surface area (Å²) in [5, 5.41) is 59.0. The molecule has 0 bridgehead atoms. The SMILES string of the molecule is CCC(=O)c1cc(O)c(O)c(O)c1-c1c(C(N)=O)cc(O)c(O)c1O. The molecule has 0 atom stereocenters. The molecule has 8 N–H and O–H groups in total. The maximum atomic E-state index is 12.2. The summed E-state index contributed by atoms with van der Waals surface area (Å²) in [5.41, 5.74) is 3.23. The first-order valence-electron chi connectivity index (χ1n) is 7.00. The van der Waals surface area contributed by atoms with Gasteiger partial charge in [0.25, 0.3) is 0 Å². The lowest BCUT2D eigenvalue weighted by atomic mass is 9.89. The normalized spacial score (nSPS) is 10.6. The van der Waals surface area contributed by atoms with E-state index in [4.69, 9.17) is 5.73 Å². The maximum Gasteiger partial charge on any atom is 0.249 e. The number of phenols is 6. The summed E-state index contributed by atoms with van der Waals surface area (Å²) < 4.78 is 0. The molecule has 0 saturated carbocycles. The van der Waals surface area contributed by atoms with Crippen LogP contribution in [0, 0.1) is 0 Å². The number of aromatic hydroxyl groups is 6. The predicted molar refractivity (Wildman–Crippen MR) is 85.0 cm³/mol. The van der Waals surface area contributed by atoms with Gasteiger partial charge < -0.3 is 36.4 Å². The van der Waals surface area contributed by atoms with Crippen LogP contribution in [-0.4, -0.2) is 42.3 Å². The van der Waals surface area contributed by atoms with Gasteiger partial charge in [-0.05, 0) is 12.1 Å². The second-order valence-electron chi connectivity index (χ2n) is 5.17. The van der Waals surface area contributed by atoms with Crippen LogP contribution in [0.3, 0.4) is 0 Å². The first kappa shape index (κ1) is 17.7. The van der Waals surface area contributed by atoms with Crippen LogP contribution in [0.25, 0.3) is 11.1 Å². The van der Waals surface area contributed by atoms with Crippen LogP contribution in [0.15, 0.2) is 12.1 Å². The molecule has 0 aromatic heterocycles. The molecule has 0 aliphatic carbocycles. The first-order chi connectivity index (χ1) is 11.6. The minimum atomic E-state index is -1.15. The van der Waals surface area contributed by atoms with Crippen molar-refractivity contribution in [2.24, 2.45) is 5.73 Å². The van der Waals surface area contributed by atoms with E-state index in [2.05, 4.69) is 0 Å². The lowest BCUT2D eigenvalue weighted by molar-refractivity contribution is 0.0982. The zero-order valence-electron chi connectivity index (χ0n) is 12.9. The summed E-state index contributed by atoms with van der Waals surface area (Å²) in [5.74, 6) is -7.52. The smallest absolute Gasteiger partial charge is 0.249 e. The second kappa shape index (κ2) is 6.11. The van der Waals surface area contributed by atoms with Gasteiger partial charge in [-0.2, -0.15) is 0 Å².